The van der Waals surface area contributed by atoms with E-state index in [1.807, 2.05) is 12.1 Å². The fourth-order valence-corrected chi connectivity index (χ4v) is 2.44. The first-order valence-electron chi connectivity index (χ1n) is 6.08. The third kappa shape index (κ3) is 2.69. The first-order chi connectivity index (χ1) is 8.10. The Morgan fingerprint density at radius 2 is 1.94 bits per heavy atom. The normalized spacial score (nSPS) is 24.8. The van der Waals surface area contributed by atoms with Crippen LogP contribution >= 0.6 is 0 Å². The molecule has 2 rings (SSSR count). The van der Waals surface area contributed by atoms with Gasteiger partial charge in [-0.15, -0.1) is 0 Å². The van der Waals surface area contributed by atoms with Crippen LogP contribution < -0.4 is 15.5 Å². The van der Waals surface area contributed by atoms with Gasteiger partial charge in [0.2, 0.25) is 0 Å². The van der Waals surface area contributed by atoms with Gasteiger partial charge in [0, 0.05) is 37.9 Å². The lowest BCUT2D eigenvalue weighted by atomic mass is 10.1. The molecule has 1 aromatic carbocycles. The van der Waals surface area contributed by atoms with Crippen LogP contribution in [0.15, 0.2) is 18.2 Å². The van der Waals surface area contributed by atoms with Crippen LogP contribution in [0.25, 0.3) is 0 Å². The molecule has 2 N–H and O–H groups in total. The highest BCUT2D eigenvalue weighted by Crippen LogP contribution is 2.24. The number of halogens is 1. The molecule has 0 amide bonds. The van der Waals surface area contributed by atoms with Crippen LogP contribution in [0.1, 0.15) is 13.8 Å². The lowest BCUT2D eigenvalue weighted by molar-refractivity contribution is 0.404. The first kappa shape index (κ1) is 12.2. The van der Waals surface area contributed by atoms with E-state index in [9.17, 15) is 4.39 Å². The topological polar surface area (TPSA) is 27.3 Å². The number of rotatable bonds is 2. The van der Waals surface area contributed by atoms with Crippen molar-refractivity contribution in [3.8, 4) is 0 Å². The second-order valence-corrected chi connectivity index (χ2v) is 4.79. The van der Waals surface area contributed by atoms with Gasteiger partial charge >= 0.3 is 0 Å². The van der Waals surface area contributed by atoms with Crippen molar-refractivity contribution >= 4 is 11.4 Å². The number of benzene rings is 1. The summed E-state index contributed by atoms with van der Waals surface area (Å²) in [5, 5.41) is 6.39. The summed E-state index contributed by atoms with van der Waals surface area (Å²) in [6.07, 6.45) is 0. The molecule has 4 heteroatoms. The van der Waals surface area contributed by atoms with Gasteiger partial charge in [-0.2, -0.15) is 0 Å². The van der Waals surface area contributed by atoms with Gasteiger partial charge in [-0.3, -0.25) is 0 Å². The van der Waals surface area contributed by atoms with E-state index in [0.717, 1.165) is 18.8 Å². The zero-order chi connectivity index (χ0) is 12.4. The van der Waals surface area contributed by atoms with Gasteiger partial charge in [0.15, 0.2) is 0 Å². The standard InChI is InChI=1S/C13H20FN3/c1-9-7-17(8-10(2)16-9)13-5-4-11(15-3)6-12(13)14/h4-6,9-10,15-16H,7-8H2,1-3H3. The van der Waals surface area contributed by atoms with Gasteiger partial charge in [-0.25, -0.2) is 4.39 Å². The summed E-state index contributed by atoms with van der Waals surface area (Å²) in [6.45, 7) is 5.95. The highest BCUT2D eigenvalue weighted by atomic mass is 19.1. The molecule has 3 nitrogen and oxygen atoms in total. The van der Waals surface area contributed by atoms with E-state index in [1.165, 1.54) is 0 Å². The minimum Gasteiger partial charge on any atom is -0.388 e. The molecular formula is C13H20FN3. The predicted molar refractivity (Wildman–Crippen MR) is 70.2 cm³/mol. The lowest BCUT2D eigenvalue weighted by Gasteiger charge is -2.37. The van der Waals surface area contributed by atoms with Crippen molar-refractivity contribution < 1.29 is 4.39 Å². The van der Waals surface area contributed by atoms with Crippen molar-refractivity contribution in [2.75, 3.05) is 30.4 Å². The maximum absolute atomic E-state index is 14.0. The van der Waals surface area contributed by atoms with Gasteiger partial charge in [-0.1, -0.05) is 0 Å². The summed E-state index contributed by atoms with van der Waals surface area (Å²) < 4.78 is 14.0. The maximum Gasteiger partial charge on any atom is 0.148 e. The first-order valence-corrected chi connectivity index (χ1v) is 6.08. The number of hydrogen-bond donors (Lipinski definition) is 2. The third-order valence-electron chi connectivity index (χ3n) is 3.13. The number of piperazine rings is 1. The van der Waals surface area contributed by atoms with Crippen LogP contribution in [0, 0.1) is 5.82 Å². The van der Waals surface area contributed by atoms with E-state index in [1.54, 1.807) is 13.1 Å². The molecule has 2 atom stereocenters. The van der Waals surface area contributed by atoms with E-state index in [-0.39, 0.29) is 5.82 Å². The van der Waals surface area contributed by atoms with Crippen molar-refractivity contribution in [3.05, 3.63) is 24.0 Å². The molecule has 94 valence electrons. The average molecular weight is 237 g/mol. The van der Waals surface area contributed by atoms with Crippen LogP contribution in [0.4, 0.5) is 15.8 Å². The molecule has 1 heterocycles. The summed E-state index contributed by atoms with van der Waals surface area (Å²) in [7, 11) is 1.80. The Hall–Kier alpha value is -1.29. The Balaban J connectivity index is 2.21. The summed E-state index contributed by atoms with van der Waals surface area (Å²) in [4.78, 5) is 2.11. The summed E-state index contributed by atoms with van der Waals surface area (Å²) in [5.41, 5.74) is 1.51. The third-order valence-corrected chi connectivity index (χ3v) is 3.13. The van der Waals surface area contributed by atoms with Crippen LogP contribution in [0.5, 0.6) is 0 Å². The Labute approximate surface area is 102 Å². The fraction of sp³-hybridized carbons (Fsp3) is 0.538. The number of hydrogen-bond acceptors (Lipinski definition) is 3. The lowest BCUT2D eigenvalue weighted by Crippen LogP contribution is -2.54. The molecule has 17 heavy (non-hydrogen) atoms. The van der Waals surface area contributed by atoms with Crippen molar-refractivity contribution in [1.82, 2.24) is 5.32 Å². The van der Waals surface area contributed by atoms with Crippen LogP contribution in [-0.2, 0) is 0 Å². The highest BCUT2D eigenvalue weighted by Gasteiger charge is 2.22. The smallest absolute Gasteiger partial charge is 0.148 e. The molecule has 0 radical (unpaired) electrons. The SMILES string of the molecule is CNc1ccc(N2CC(C)NC(C)C2)c(F)c1. The van der Waals surface area contributed by atoms with E-state index < -0.39 is 0 Å². The molecule has 1 aromatic rings. The van der Waals surface area contributed by atoms with Gasteiger partial charge in [0.1, 0.15) is 5.82 Å². The van der Waals surface area contributed by atoms with E-state index in [4.69, 9.17) is 0 Å². The fourth-order valence-electron chi connectivity index (χ4n) is 2.44. The summed E-state index contributed by atoms with van der Waals surface area (Å²) in [6, 6.07) is 6.10. The molecule has 0 aromatic heterocycles. The monoisotopic (exact) mass is 237 g/mol. The van der Waals surface area contributed by atoms with Gasteiger partial charge < -0.3 is 15.5 Å². The van der Waals surface area contributed by atoms with E-state index >= 15 is 0 Å². The minimum absolute atomic E-state index is 0.154. The minimum atomic E-state index is -0.154. The highest BCUT2D eigenvalue weighted by molar-refractivity contribution is 5.56. The van der Waals surface area contributed by atoms with Gasteiger partial charge in [-0.05, 0) is 32.0 Å². The predicted octanol–water partition coefficient (Wildman–Crippen LogP) is 2.05. The molecule has 0 aliphatic carbocycles. The Morgan fingerprint density at radius 1 is 1.29 bits per heavy atom. The van der Waals surface area contributed by atoms with Crippen LogP contribution in [0.2, 0.25) is 0 Å². The van der Waals surface area contributed by atoms with E-state index in [2.05, 4.69) is 29.4 Å². The second-order valence-electron chi connectivity index (χ2n) is 4.79. The van der Waals surface area contributed by atoms with Crippen LogP contribution in [0.3, 0.4) is 0 Å². The number of nitrogens with zero attached hydrogens (tertiary/aromatic N) is 1. The van der Waals surface area contributed by atoms with E-state index in [0.29, 0.717) is 17.8 Å². The molecule has 1 fully saturated rings. The van der Waals surface area contributed by atoms with Gasteiger partial charge in [0.05, 0.1) is 5.69 Å². The Kier molecular flexibility index (Phi) is 3.52. The van der Waals surface area contributed by atoms with Crippen molar-refractivity contribution in [2.45, 2.75) is 25.9 Å². The maximum atomic E-state index is 14.0. The molecule has 0 saturated carbocycles. The molecular weight excluding hydrogens is 217 g/mol. The molecule has 0 spiro atoms. The average Bonchev–Trinajstić information content (AvgIpc) is 2.27. The van der Waals surface area contributed by atoms with Crippen LogP contribution in [-0.4, -0.2) is 32.2 Å². The zero-order valence-corrected chi connectivity index (χ0v) is 10.6. The molecule has 1 aliphatic rings. The quantitative estimate of drug-likeness (QED) is 0.824. The van der Waals surface area contributed by atoms with Crippen molar-refractivity contribution in [1.29, 1.82) is 0 Å². The van der Waals surface area contributed by atoms with Crippen molar-refractivity contribution in [3.63, 3.8) is 0 Å². The van der Waals surface area contributed by atoms with Gasteiger partial charge in [0.25, 0.3) is 0 Å². The number of anilines is 2. The zero-order valence-electron chi connectivity index (χ0n) is 10.6. The molecule has 1 saturated heterocycles. The summed E-state index contributed by atoms with van der Waals surface area (Å²) >= 11 is 0. The largest absolute Gasteiger partial charge is 0.388 e. The number of nitrogens with one attached hydrogen (secondary N) is 2. The Morgan fingerprint density at radius 3 is 2.47 bits per heavy atom. The molecule has 0 bridgehead atoms. The molecule has 2 unspecified atom stereocenters. The summed E-state index contributed by atoms with van der Waals surface area (Å²) in [5.74, 6) is -0.154. The molecule has 1 aliphatic heterocycles. The van der Waals surface area contributed by atoms with Crippen molar-refractivity contribution in [2.24, 2.45) is 0 Å². The second kappa shape index (κ2) is 4.92. The Bertz CT molecular complexity index is 384.